The van der Waals surface area contributed by atoms with Gasteiger partial charge in [0.2, 0.25) is 0 Å². The summed E-state index contributed by atoms with van der Waals surface area (Å²) < 4.78 is 0.632. The van der Waals surface area contributed by atoms with Gasteiger partial charge in [0.25, 0.3) is 0 Å². The van der Waals surface area contributed by atoms with Gasteiger partial charge in [0.05, 0.1) is 17.2 Å². The van der Waals surface area contributed by atoms with Crippen molar-refractivity contribution in [3.05, 3.63) is 27.2 Å². The van der Waals surface area contributed by atoms with Crippen molar-refractivity contribution in [1.82, 2.24) is 0 Å². The number of aliphatic hydroxyl groups excluding tert-OH is 1. The van der Waals surface area contributed by atoms with Crippen LogP contribution in [0, 0.1) is 0 Å². The third kappa shape index (κ3) is 2.20. The van der Waals surface area contributed by atoms with Crippen molar-refractivity contribution in [3.63, 3.8) is 0 Å². The minimum Gasteiger partial charge on any atom is -0.506 e. The first-order valence-electron chi connectivity index (χ1n) is 4.05. The van der Waals surface area contributed by atoms with Gasteiger partial charge in [0.15, 0.2) is 0 Å². The fourth-order valence-corrected chi connectivity index (χ4v) is 1.86. The predicted molar refractivity (Wildman–Crippen MR) is 59.4 cm³/mol. The Morgan fingerprint density at radius 3 is 2.57 bits per heavy atom. The molecule has 0 saturated carbocycles. The normalized spacial score (nSPS) is 15.2. The molecule has 0 aliphatic rings. The fourth-order valence-electron chi connectivity index (χ4n) is 1.12. The molecule has 0 fully saturated rings. The summed E-state index contributed by atoms with van der Waals surface area (Å²) in [7, 11) is 0. The van der Waals surface area contributed by atoms with E-state index in [4.69, 9.17) is 17.3 Å². The van der Waals surface area contributed by atoms with Gasteiger partial charge < -0.3 is 15.9 Å². The van der Waals surface area contributed by atoms with Crippen molar-refractivity contribution in [2.24, 2.45) is 5.73 Å². The Kier molecular flexibility index (Phi) is 3.78. The monoisotopic (exact) mass is 279 g/mol. The number of benzene rings is 1. The summed E-state index contributed by atoms with van der Waals surface area (Å²) >= 11 is 8.97. The molecule has 0 aliphatic carbocycles. The molecule has 0 radical (unpaired) electrons. The van der Waals surface area contributed by atoms with Crippen LogP contribution in [0.5, 0.6) is 5.75 Å². The molecule has 0 saturated heterocycles. The molecule has 4 N–H and O–H groups in total. The summed E-state index contributed by atoms with van der Waals surface area (Å²) in [6, 6.07) is 2.57. The molecule has 0 spiro atoms. The molecule has 2 unspecified atom stereocenters. The zero-order chi connectivity index (χ0) is 10.9. The SMILES string of the molecule is CC(O)C(N)c1c(Br)ccc(Cl)c1O. The Morgan fingerprint density at radius 1 is 1.50 bits per heavy atom. The number of aliphatic hydroxyl groups is 1. The zero-order valence-corrected chi connectivity index (χ0v) is 9.88. The first-order chi connectivity index (χ1) is 6.45. The van der Waals surface area contributed by atoms with E-state index in [9.17, 15) is 10.2 Å². The predicted octanol–water partition coefficient (Wildman–Crippen LogP) is 2.19. The lowest BCUT2D eigenvalue weighted by atomic mass is 10.0. The van der Waals surface area contributed by atoms with Gasteiger partial charge in [-0.1, -0.05) is 27.5 Å². The highest BCUT2D eigenvalue weighted by Gasteiger charge is 2.20. The van der Waals surface area contributed by atoms with Gasteiger partial charge in [-0.15, -0.1) is 0 Å². The summed E-state index contributed by atoms with van der Waals surface area (Å²) in [6.07, 6.45) is -0.754. The number of phenolic OH excluding ortho intramolecular Hbond substituents is 1. The van der Waals surface area contributed by atoms with Gasteiger partial charge in [-0.3, -0.25) is 0 Å². The fraction of sp³-hybridized carbons (Fsp3) is 0.333. The molecule has 0 aliphatic heterocycles. The summed E-state index contributed by atoms with van der Waals surface area (Å²) in [4.78, 5) is 0. The van der Waals surface area contributed by atoms with Crippen LogP contribution in [0.4, 0.5) is 0 Å². The van der Waals surface area contributed by atoms with Gasteiger partial charge in [-0.2, -0.15) is 0 Å². The number of aromatic hydroxyl groups is 1. The highest BCUT2D eigenvalue weighted by Crippen LogP contribution is 2.37. The van der Waals surface area contributed by atoms with E-state index in [2.05, 4.69) is 15.9 Å². The van der Waals surface area contributed by atoms with Crippen LogP contribution >= 0.6 is 27.5 Å². The van der Waals surface area contributed by atoms with Crippen LogP contribution < -0.4 is 5.73 Å². The number of rotatable bonds is 2. The maximum atomic E-state index is 9.64. The molecule has 5 heteroatoms. The third-order valence-corrected chi connectivity index (χ3v) is 2.96. The second-order valence-corrected chi connectivity index (χ2v) is 4.32. The average Bonchev–Trinajstić information content (AvgIpc) is 2.12. The summed E-state index contributed by atoms with van der Waals surface area (Å²) in [6.45, 7) is 1.55. The zero-order valence-electron chi connectivity index (χ0n) is 7.54. The first-order valence-corrected chi connectivity index (χ1v) is 5.22. The van der Waals surface area contributed by atoms with Crippen LogP contribution in [0.2, 0.25) is 5.02 Å². The van der Waals surface area contributed by atoms with Gasteiger partial charge >= 0.3 is 0 Å². The van der Waals surface area contributed by atoms with Gasteiger partial charge in [-0.25, -0.2) is 0 Å². The van der Waals surface area contributed by atoms with E-state index in [-0.39, 0.29) is 10.8 Å². The van der Waals surface area contributed by atoms with Crippen molar-refractivity contribution in [2.45, 2.75) is 19.1 Å². The Hall–Kier alpha value is -0.290. The lowest BCUT2D eigenvalue weighted by molar-refractivity contribution is 0.162. The number of hydrogen-bond acceptors (Lipinski definition) is 3. The van der Waals surface area contributed by atoms with Crippen LogP contribution in [0.3, 0.4) is 0 Å². The molecular weight excluding hydrogens is 269 g/mol. The van der Waals surface area contributed by atoms with Crippen molar-refractivity contribution >= 4 is 27.5 Å². The Labute approximate surface area is 95.6 Å². The van der Waals surface area contributed by atoms with Crippen molar-refractivity contribution < 1.29 is 10.2 Å². The molecule has 1 aromatic rings. The molecule has 78 valence electrons. The van der Waals surface area contributed by atoms with Crippen LogP contribution in [-0.4, -0.2) is 16.3 Å². The summed E-state index contributed by atoms with van der Waals surface area (Å²) in [5.74, 6) is -0.0885. The van der Waals surface area contributed by atoms with E-state index in [0.29, 0.717) is 10.0 Å². The summed E-state index contributed by atoms with van der Waals surface area (Å²) in [5.41, 5.74) is 6.13. The maximum Gasteiger partial charge on any atom is 0.140 e. The smallest absolute Gasteiger partial charge is 0.140 e. The molecular formula is C9H11BrClNO2. The minimum atomic E-state index is -0.754. The van der Waals surface area contributed by atoms with Gasteiger partial charge in [0, 0.05) is 10.0 Å². The maximum absolute atomic E-state index is 9.64. The van der Waals surface area contributed by atoms with Gasteiger partial charge in [-0.05, 0) is 19.1 Å². The van der Waals surface area contributed by atoms with E-state index in [1.54, 1.807) is 19.1 Å². The molecule has 2 atom stereocenters. The van der Waals surface area contributed by atoms with E-state index in [0.717, 1.165) is 0 Å². The lowest BCUT2D eigenvalue weighted by Crippen LogP contribution is -2.23. The minimum absolute atomic E-state index is 0.0885. The topological polar surface area (TPSA) is 66.5 Å². The van der Waals surface area contributed by atoms with Gasteiger partial charge in [0.1, 0.15) is 5.75 Å². The highest BCUT2D eigenvalue weighted by molar-refractivity contribution is 9.10. The number of phenols is 1. The molecule has 1 aromatic carbocycles. The number of nitrogens with two attached hydrogens (primary N) is 1. The molecule has 3 nitrogen and oxygen atoms in total. The van der Waals surface area contributed by atoms with E-state index >= 15 is 0 Å². The van der Waals surface area contributed by atoms with Crippen molar-refractivity contribution in [1.29, 1.82) is 0 Å². The lowest BCUT2D eigenvalue weighted by Gasteiger charge is -2.18. The van der Waals surface area contributed by atoms with Crippen LogP contribution in [-0.2, 0) is 0 Å². The third-order valence-electron chi connectivity index (χ3n) is 1.97. The Bertz CT molecular complexity index is 344. The average molecular weight is 281 g/mol. The second kappa shape index (κ2) is 4.49. The molecule has 0 bridgehead atoms. The molecule has 1 rings (SSSR count). The quantitative estimate of drug-likeness (QED) is 0.778. The highest BCUT2D eigenvalue weighted by atomic mass is 79.9. The Balaban J connectivity index is 3.25. The Morgan fingerprint density at radius 2 is 2.07 bits per heavy atom. The number of halogens is 2. The van der Waals surface area contributed by atoms with Crippen LogP contribution in [0.25, 0.3) is 0 Å². The first kappa shape index (κ1) is 11.8. The van der Waals surface area contributed by atoms with Crippen molar-refractivity contribution in [3.8, 4) is 5.75 Å². The number of hydrogen-bond donors (Lipinski definition) is 3. The van der Waals surface area contributed by atoms with Crippen LogP contribution in [0.15, 0.2) is 16.6 Å². The van der Waals surface area contributed by atoms with E-state index in [1.165, 1.54) is 0 Å². The van der Waals surface area contributed by atoms with Crippen LogP contribution in [0.1, 0.15) is 18.5 Å². The van der Waals surface area contributed by atoms with E-state index < -0.39 is 12.1 Å². The molecule has 0 aromatic heterocycles. The molecule has 0 amide bonds. The standard InChI is InChI=1S/C9H11BrClNO2/c1-4(13)8(12)7-5(10)2-3-6(11)9(7)14/h2-4,8,13-14H,12H2,1H3. The largest absolute Gasteiger partial charge is 0.506 e. The summed E-state index contributed by atoms with van der Waals surface area (Å²) in [5, 5.41) is 19.2. The van der Waals surface area contributed by atoms with Crippen molar-refractivity contribution in [2.75, 3.05) is 0 Å². The molecule has 0 heterocycles. The molecule has 14 heavy (non-hydrogen) atoms. The second-order valence-electron chi connectivity index (χ2n) is 3.06. The van der Waals surface area contributed by atoms with E-state index in [1.807, 2.05) is 0 Å².